The van der Waals surface area contributed by atoms with E-state index in [4.69, 9.17) is 0 Å². The van der Waals surface area contributed by atoms with Gasteiger partial charge in [0.25, 0.3) is 0 Å². The smallest absolute Gasteiger partial charge is 0.208 e. The molecule has 7 heteroatoms. The van der Waals surface area contributed by atoms with Crippen LogP contribution in [0.2, 0.25) is 0 Å². The highest BCUT2D eigenvalue weighted by molar-refractivity contribution is 7.89. The Morgan fingerprint density at radius 2 is 1.65 bits per heavy atom. The number of aryl methyl sites for hydroxylation is 2. The normalized spacial score (nSPS) is 25.3. The van der Waals surface area contributed by atoms with Crippen LogP contribution in [-0.4, -0.2) is 20.6 Å². The molecule has 2 aliphatic carbocycles. The number of rotatable bonds is 3. The van der Waals surface area contributed by atoms with Crippen LogP contribution in [0.1, 0.15) is 43.2 Å². The van der Waals surface area contributed by atoms with Crippen molar-refractivity contribution >= 4 is 10.0 Å². The summed E-state index contributed by atoms with van der Waals surface area (Å²) in [7, 11) is -3.67. The molecule has 0 atom stereocenters. The van der Waals surface area contributed by atoms with E-state index in [-0.39, 0.29) is 30.6 Å². The maximum Gasteiger partial charge on any atom is 0.391 e. The maximum atomic E-state index is 12.7. The van der Waals surface area contributed by atoms with Crippen molar-refractivity contribution in [1.29, 1.82) is 0 Å². The lowest BCUT2D eigenvalue weighted by Gasteiger charge is -2.30. The van der Waals surface area contributed by atoms with Crippen molar-refractivity contribution < 1.29 is 21.6 Å². The molecule has 23 heavy (non-hydrogen) atoms. The second-order valence-corrected chi connectivity index (χ2v) is 8.21. The molecule has 3 nitrogen and oxygen atoms in total. The zero-order valence-electron chi connectivity index (χ0n) is 12.7. The lowest BCUT2D eigenvalue weighted by Crippen LogP contribution is -2.40. The highest BCUT2D eigenvalue weighted by atomic mass is 32.2. The van der Waals surface area contributed by atoms with Crippen LogP contribution in [-0.2, 0) is 22.9 Å². The third kappa shape index (κ3) is 3.71. The van der Waals surface area contributed by atoms with E-state index in [9.17, 15) is 21.6 Å². The first-order valence-corrected chi connectivity index (χ1v) is 9.45. The molecule has 1 saturated carbocycles. The lowest BCUT2D eigenvalue weighted by atomic mass is 9.86. The van der Waals surface area contributed by atoms with Crippen LogP contribution in [0.25, 0.3) is 0 Å². The van der Waals surface area contributed by atoms with Gasteiger partial charge in [0.05, 0.1) is 10.8 Å². The van der Waals surface area contributed by atoms with Gasteiger partial charge in [-0.2, -0.15) is 13.2 Å². The molecule has 1 aromatic carbocycles. The van der Waals surface area contributed by atoms with E-state index in [2.05, 4.69) is 4.72 Å². The Hall–Kier alpha value is -1.08. The van der Waals surface area contributed by atoms with Crippen LogP contribution in [0.5, 0.6) is 0 Å². The third-order valence-electron chi connectivity index (χ3n) is 4.89. The minimum absolute atomic E-state index is 0.0130. The van der Waals surface area contributed by atoms with Gasteiger partial charge in [-0.05, 0) is 68.2 Å². The van der Waals surface area contributed by atoms with E-state index in [1.54, 1.807) is 12.1 Å². The summed E-state index contributed by atoms with van der Waals surface area (Å²) in [5, 5.41) is 0. The maximum absolute atomic E-state index is 12.7. The fourth-order valence-electron chi connectivity index (χ4n) is 3.54. The number of hydrogen-bond acceptors (Lipinski definition) is 2. The first kappa shape index (κ1) is 16.8. The summed E-state index contributed by atoms with van der Waals surface area (Å²) in [6.45, 7) is 0. The van der Waals surface area contributed by atoms with Gasteiger partial charge in [0.15, 0.2) is 0 Å². The summed E-state index contributed by atoms with van der Waals surface area (Å²) >= 11 is 0. The summed E-state index contributed by atoms with van der Waals surface area (Å²) < 4.78 is 65.4. The van der Waals surface area contributed by atoms with Gasteiger partial charge in [0.2, 0.25) is 10.0 Å². The van der Waals surface area contributed by atoms with Crippen molar-refractivity contribution in [3.05, 3.63) is 29.3 Å². The zero-order valence-corrected chi connectivity index (χ0v) is 13.5. The summed E-state index contributed by atoms with van der Waals surface area (Å²) in [6.07, 6.45) is -0.845. The van der Waals surface area contributed by atoms with Crippen LogP contribution in [0.15, 0.2) is 23.1 Å². The van der Waals surface area contributed by atoms with Crippen molar-refractivity contribution in [2.75, 3.05) is 0 Å². The molecular formula is C16H20F3NO2S. The Balaban J connectivity index is 1.66. The van der Waals surface area contributed by atoms with Crippen LogP contribution in [0.3, 0.4) is 0 Å². The molecule has 1 aromatic rings. The minimum atomic E-state index is -4.18. The molecule has 1 fully saturated rings. The SMILES string of the molecule is O=S(=O)(NC1CCC(C(F)(F)F)CC1)c1ccc2c(c1)CCC2. The molecule has 0 bridgehead atoms. The van der Waals surface area contributed by atoms with Gasteiger partial charge in [-0.1, -0.05) is 6.07 Å². The van der Waals surface area contributed by atoms with Gasteiger partial charge in [0.1, 0.15) is 0 Å². The molecule has 3 rings (SSSR count). The van der Waals surface area contributed by atoms with Gasteiger partial charge in [-0.25, -0.2) is 13.1 Å². The topological polar surface area (TPSA) is 46.2 Å². The largest absolute Gasteiger partial charge is 0.391 e. The molecule has 0 unspecified atom stereocenters. The van der Waals surface area contributed by atoms with E-state index in [0.29, 0.717) is 0 Å². The number of halogens is 3. The summed E-state index contributed by atoms with van der Waals surface area (Å²) in [5.41, 5.74) is 2.25. The van der Waals surface area contributed by atoms with Crippen LogP contribution in [0, 0.1) is 5.92 Å². The van der Waals surface area contributed by atoms with E-state index in [1.807, 2.05) is 6.07 Å². The van der Waals surface area contributed by atoms with Crippen molar-refractivity contribution in [1.82, 2.24) is 4.72 Å². The summed E-state index contributed by atoms with van der Waals surface area (Å²) in [4.78, 5) is 0.219. The molecule has 0 aromatic heterocycles. The average molecular weight is 347 g/mol. The van der Waals surface area contributed by atoms with Crippen molar-refractivity contribution in [2.45, 2.75) is 62.1 Å². The Bertz CT molecular complexity index is 677. The third-order valence-corrected chi connectivity index (χ3v) is 6.41. The quantitative estimate of drug-likeness (QED) is 0.908. The number of nitrogens with one attached hydrogen (secondary N) is 1. The van der Waals surface area contributed by atoms with E-state index in [0.717, 1.165) is 24.8 Å². The second kappa shape index (κ2) is 6.09. The molecule has 2 aliphatic rings. The lowest BCUT2D eigenvalue weighted by molar-refractivity contribution is -0.182. The molecule has 128 valence electrons. The number of alkyl halides is 3. The molecule has 0 saturated heterocycles. The molecule has 0 heterocycles. The Kier molecular flexibility index (Phi) is 4.44. The van der Waals surface area contributed by atoms with Gasteiger partial charge in [-0.3, -0.25) is 0 Å². The van der Waals surface area contributed by atoms with E-state index >= 15 is 0 Å². The predicted molar refractivity (Wildman–Crippen MR) is 80.6 cm³/mol. The first-order chi connectivity index (χ1) is 10.8. The van der Waals surface area contributed by atoms with Gasteiger partial charge < -0.3 is 0 Å². The first-order valence-electron chi connectivity index (χ1n) is 7.96. The fourth-order valence-corrected chi connectivity index (χ4v) is 4.90. The standard InChI is InChI=1S/C16H20F3NO2S/c17-16(18,19)13-5-7-14(8-6-13)20-23(21,22)15-9-4-11-2-1-3-12(11)10-15/h4,9-10,13-14,20H,1-3,5-8H2. The second-order valence-electron chi connectivity index (χ2n) is 6.50. The van der Waals surface area contributed by atoms with E-state index < -0.39 is 28.2 Å². The minimum Gasteiger partial charge on any atom is -0.208 e. The molecule has 0 radical (unpaired) electrons. The van der Waals surface area contributed by atoms with Crippen molar-refractivity contribution in [3.8, 4) is 0 Å². The van der Waals surface area contributed by atoms with Crippen LogP contribution < -0.4 is 4.72 Å². The van der Waals surface area contributed by atoms with Gasteiger partial charge >= 0.3 is 6.18 Å². The average Bonchev–Trinajstić information content (AvgIpc) is 2.93. The zero-order chi connectivity index (χ0) is 16.7. The summed E-state index contributed by atoms with van der Waals surface area (Å²) in [5.74, 6) is -1.30. The van der Waals surface area contributed by atoms with Gasteiger partial charge in [0, 0.05) is 6.04 Å². The Morgan fingerprint density at radius 3 is 2.30 bits per heavy atom. The molecular weight excluding hydrogens is 327 g/mol. The molecule has 1 N–H and O–H groups in total. The molecule has 0 spiro atoms. The van der Waals surface area contributed by atoms with Gasteiger partial charge in [-0.15, -0.1) is 0 Å². The van der Waals surface area contributed by atoms with Crippen molar-refractivity contribution in [3.63, 3.8) is 0 Å². The Labute approximate surface area is 134 Å². The summed E-state index contributed by atoms with van der Waals surface area (Å²) in [6, 6.07) is 4.73. The van der Waals surface area contributed by atoms with Crippen molar-refractivity contribution in [2.24, 2.45) is 5.92 Å². The fraction of sp³-hybridized carbons (Fsp3) is 0.625. The van der Waals surface area contributed by atoms with Crippen LogP contribution >= 0.6 is 0 Å². The Morgan fingerprint density at radius 1 is 1.00 bits per heavy atom. The predicted octanol–water partition coefficient (Wildman–Crippen LogP) is 3.57. The molecule has 0 aliphatic heterocycles. The number of benzene rings is 1. The monoisotopic (exact) mass is 347 g/mol. The van der Waals surface area contributed by atoms with Crippen LogP contribution in [0.4, 0.5) is 13.2 Å². The highest BCUT2D eigenvalue weighted by Gasteiger charge is 2.41. The number of fused-ring (bicyclic) bond motifs is 1. The van der Waals surface area contributed by atoms with E-state index in [1.165, 1.54) is 5.56 Å². The molecule has 0 amide bonds. The number of sulfonamides is 1. The highest BCUT2D eigenvalue weighted by Crippen LogP contribution is 2.37. The number of hydrogen-bond donors (Lipinski definition) is 1.